The molecule has 0 unspecified atom stereocenters. The van der Waals surface area contributed by atoms with Crippen molar-refractivity contribution in [2.24, 2.45) is 25.3 Å². The Hall–Kier alpha value is -6.96. The van der Waals surface area contributed by atoms with E-state index in [2.05, 4.69) is 20.6 Å². The molecule has 0 fully saturated rings. The third-order valence-electron chi connectivity index (χ3n) is 7.58. The number of nitrogens with one attached hydrogen (secondary N) is 1. The summed E-state index contributed by atoms with van der Waals surface area (Å²) >= 11 is 6.13. The second-order valence-electron chi connectivity index (χ2n) is 10.3. The Morgan fingerprint density at radius 3 is 2.23 bits per heavy atom. The fourth-order valence-electron chi connectivity index (χ4n) is 5.43. The normalized spacial score (nSPS) is 14.5. The highest BCUT2D eigenvalue weighted by atomic mass is 35.5. The summed E-state index contributed by atoms with van der Waals surface area (Å²) in [5.74, 6) is -0.0221. The van der Waals surface area contributed by atoms with Crippen LogP contribution in [0.4, 0.5) is 5.82 Å². The van der Waals surface area contributed by atoms with Crippen LogP contribution >= 0.6 is 11.6 Å². The van der Waals surface area contributed by atoms with Crippen molar-refractivity contribution in [2.45, 2.75) is 0 Å². The van der Waals surface area contributed by atoms with Crippen LogP contribution in [-0.2, 0) is 0 Å². The van der Waals surface area contributed by atoms with Crippen LogP contribution in [0.25, 0.3) is 22.1 Å². The summed E-state index contributed by atoms with van der Waals surface area (Å²) in [5.41, 5.74) is 3.07. The standard InChI is InChI=1S/C33H15ClN10O3/c34-19-11-12-24-20(13-19)28(45)23(16-47-24)25-21(14-35)30-38-31-29(42-43(30)32(46)22(25)15-36)39-40-33-37-26(17-7-3-1-4-8-17)27(41-44(31)33)18-9-5-2-6-10-18/h1-13,16H,(H,39,42). The number of nitriles is 2. The van der Waals surface area contributed by atoms with Crippen molar-refractivity contribution in [3.05, 3.63) is 133 Å². The highest BCUT2D eigenvalue weighted by Gasteiger charge is 2.37. The fraction of sp³-hybridized carbons (Fsp3) is 0. The van der Waals surface area contributed by atoms with Crippen LogP contribution in [-0.4, -0.2) is 38.7 Å². The van der Waals surface area contributed by atoms with E-state index in [1.54, 1.807) is 6.07 Å². The molecule has 0 saturated heterocycles. The van der Waals surface area contributed by atoms with Crippen molar-refractivity contribution < 1.29 is 4.42 Å². The summed E-state index contributed by atoms with van der Waals surface area (Å²) in [6.07, 6.45) is 1.11. The minimum Gasteiger partial charge on any atom is -0.463 e. The second kappa shape index (κ2) is 10.6. The van der Waals surface area contributed by atoms with Gasteiger partial charge in [0.15, 0.2) is 5.82 Å². The number of aliphatic imine (C=N–C) groups is 2. The van der Waals surface area contributed by atoms with Gasteiger partial charge in [-0.2, -0.15) is 25.3 Å². The molecule has 0 bridgehead atoms. The van der Waals surface area contributed by atoms with Crippen LogP contribution in [0.2, 0.25) is 5.02 Å². The Morgan fingerprint density at radius 1 is 0.830 bits per heavy atom. The minimum atomic E-state index is -0.876. The third-order valence-corrected chi connectivity index (χ3v) is 7.82. The summed E-state index contributed by atoms with van der Waals surface area (Å²) in [6.45, 7) is 0. The van der Waals surface area contributed by atoms with E-state index >= 15 is 0 Å². The first-order valence-electron chi connectivity index (χ1n) is 13.9. The molecule has 13 nitrogen and oxygen atoms in total. The van der Waals surface area contributed by atoms with Crippen molar-refractivity contribution in [2.75, 3.05) is 5.43 Å². The molecule has 47 heavy (non-hydrogen) atoms. The lowest BCUT2D eigenvalue weighted by Crippen LogP contribution is -2.51. The van der Waals surface area contributed by atoms with E-state index < -0.39 is 16.6 Å². The molecule has 5 aromatic rings. The van der Waals surface area contributed by atoms with Gasteiger partial charge in [0, 0.05) is 21.7 Å². The number of hydrogen-bond acceptors (Lipinski definition) is 12. The number of fused-ring (bicyclic) bond motifs is 5. The average Bonchev–Trinajstić information content (AvgIpc) is 3.11. The molecule has 0 saturated carbocycles. The van der Waals surface area contributed by atoms with E-state index in [-0.39, 0.29) is 56.1 Å². The molecule has 3 aliphatic heterocycles. The van der Waals surface area contributed by atoms with E-state index in [1.807, 2.05) is 72.8 Å². The Bertz CT molecular complexity index is 2570. The average molecular weight is 635 g/mol. The van der Waals surface area contributed by atoms with Gasteiger partial charge in [0.05, 0.1) is 10.9 Å². The number of aromatic nitrogens is 1. The summed E-state index contributed by atoms with van der Waals surface area (Å²) < 4.78 is 6.57. The summed E-state index contributed by atoms with van der Waals surface area (Å²) in [5, 5.41) is 35.5. The molecular formula is C33H15ClN10O3. The maximum Gasteiger partial charge on any atom is 0.289 e. The molecule has 5 heterocycles. The van der Waals surface area contributed by atoms with Gasteiger partial charge in [-0.25, -0.2) is 9.98 Å². The minimum absolute atomic E-state index is 0.0123. The Kier molecular flexibility index (Phi) is 6.21. The summed E-state index contributed by atoms with van der Waals surface area (Å²) in [4.78, 5) is 36.8. The maximum atomic E-state index is 13.7. The number of pyridine rings is 1. The number of guanidine groups is 1. The van der Waals surface area contributed by atoms with E-state index in [0.29, 0.717) is 11.4 Å². The largest absolute Gasteiger partial charge is 0.463 e. The lowest BCUT2D eigenvalue weighted by Gasteiger charge is -2.31. The molecule has 222 valence electrons. The van der Waals surface area contributed by atoms with Crippen molar-refractivity contribution in [3.63, 3.8) is 0 Å². The molecule has 14 heteroatoms. The zero-order valence-corrected chi connectivity index (χ0v) is 24.5. The number of amidine groups is 2. The molecule has 0 radical (unpaired) electrons. The molecule has 1 N–H and O–H groups in total. The molecule has 3 aromatic carbocycles. The number of hydrazone groups is 1. The molecule has 8 rings (SSSR count). The number of hydrogen-bond donors (Lipinski definition) is 1. The van der Waals surface area contributed by atoms with Crippen LogP contribution in [0, 0.1) is 22.7 Å². The highest BCUT2D eigenvalue weighted by molar-refractivity contribution is 6.57. The van der Waals surface area contributed by atoms with E-state index in [4.69, 9.17) is 26.1 Å². The quantitative estimate of drug-likeness (QED) is 0.304. The van der Waals surface area contributed by atoms with E-state index in [0.717, 1.165) is 22.1 Å². The predicted molar refractivity (Wildman–Crippen MR) is 176 cm³/mol. The van der Waals surface area contributed by atoms with E-state index in [1.165, 1.54) is 17.1 Å². The Labute approximate surface area is 268 Å². The first-order chi connectivity index (χ1) is 23.0. The van der Waals surface area contributed by atoms with Crippen LogP contribution < -0.4 is 16.4 Å². The van der Waals surface area contributed by atoms with Gasteiger partial charge in [-0.15, -0.1) is 10.2 Å². The predicted octanol–water partition coefficient (Wildman–Crippen LogP) is 4.50. The van der Waals surface area contributed by atoms with Gasteiger partial charge >= 0.3 is 0 Å². The molecule has 3 aliphatic rings. The molecular weight excluding hydrogens is 620 g/mol. The van der Waals surface area contributed by atoms with Gasteiger partial charge in [-0.3, -0.25) is 15.0 Å². The van der Waals surface area contributed by atoms with Gasteiger partial charge in [0.1, 0.15) is 46.5 Å². The highest BCUT2D eigenvalue weighted by Crippen LogP contribution is 2.33. The summed E-state index contributed by atoms with van der Waals surface area (Å²) in [6, 6.07) is 27.2. The zero-order valence-electron chi connectivity index (χ0n) is 23.7. The fourth-order valence-corrected chi connectivity index (χ4v) is 5.61. The first-order valence-corrected chi connectivity index (χ1v) is 14.3. The molecule has 2 aromatic heterocycles. The van der Waals surface area contributed by atoms with Gasteiger partial charge in [0.25, 0.3) is 11.5 Å². The molecule has 0 aliphatic carbocycles. The van der Waals surface area contributed by atoms with Crippen LogP contribution in [0.1, 0.15) is 22.3 Å². The number of benzene rings is 3. The molecule has 0 atom stereocenters. The van der Waals surface area contributed by atoms with Crippen LogP contribution in [0.5, 0.6) is 0 Å². The van der Waals surface area contributed by atoms with E-state index in [9.17, 15) is 20.1 Å². The summed E-state index contributed by atoms with van der Waals surface area (Å²) in [7, 11) is 0. The number of halogens is 1. The number of rotatable bonds is 3. The van der Waals surface area contributed by atoms with Gasteiger partial charge in [0.2, 0.25) is 17.1 Å². The third kappa shape index (κ3) is 4.27. The number of nitrogens with zero attached hydrogens (tertiary/aromatic N) is 9. The SMILES string of the molecule is N#Cc1c(-c2coc3ccc(Cl)cc3c2=O)c(C#N)c(=O)n2c1N=C1C(=NN=C3N=C(c4ccccc4)C(c4ccccc4)=NN31)N2. The second-order valence-corrected chi connectivity index (χ2v) is 10.7. The molecule has 0 spiro atoms. The van der Waals surface area contributed by atoms with Gasteiger partial charge < -0.3 is 4.42 Å². The maximum absolute atomic E-state index is 13.7. The van der Waals surface area contributed by atoms with Crippen molar-refractivity contribution >= 4 is 57.4 Å². The topological polar surface area (TPSA) is 177 Å². The van der Waals surface area contributed by atoms with Crippen LogP contribution in [0.3, 0.4) is 0 Å². The van der Waals surface area contributed by atoms with Crippen molar-refractivity contribution in [1.82, 2.24) is 9.69 Å². The van der Waals surface area contributed by atoms with Crippen LogP contribution in [0.15, 0.2) is 124 Å². The zero-order chi connectivity index (χ0) is 32.2. The van der Waals surface area contributed by atoms with Gasteiger partial charge in [-0.05, 0) is 18.2 Å². The lowest BCUT2D eigenvalue weighted by molar-refractivity contribution is 0.604. The van der Waals surface area contributed by atoms with Crippen molar-refractivity contribution in [3.8, 4) is 23.3 Å². The van der Waals surface area contributed by atoms with Gasteiger partial charge in [-0.1, -0.05) is 72.3 Å². The Balaban J connectivity index is 1.35. The lowest BCUT2D eigenvalue weighted by atomic mass is 9.96. The Morgan fingerprint density at radius 2 is 1.53 bits per heavy atom. The monoisotopic (exact) mass is 634 g/mol. The van der Waals surface area contributed by atoms with Crippen molar-refractivity contribution in [1.29, 1.82) is 10.5 Å². The first kappa shape index (κ1) is 27.6. The smallest absolute Gasteiger partial charge is 0.289 e. The molecule has 0 amide bonds.